The van der Waals surface area contributed by atoms with Gasteiger partial charge in [-0.25, -0.2) is 0 Å². The van der Waals surface area contributed by atoms with Gasteiger partial charge >= 0.3 is 5.97 Å². The molecule has 0 aromatic heterocycles. The third kappa shape index (κ3) is 29.9. The summed E-state index contributed by atoms with van der Waals surface area (Å²) >= 11 is 0. The van der Waals surface area contributed by atoms with Crippen molar-refractivity contribution in [1.29, 1.82) is 0 Å². The zero-order valence-electron chi connectivity index (χ0n) is 26.0. The molecule has 4 heteroatoms. The Bertz CT molecular complexity index is 454. The molecule has 228 valence electrons. The quantitative estimate of drug-likeness (QED) is 0.0681. The largest absolute Gasteiger partial charge is 0.457 e. The van der Waals surface area contributed by atoms with E-state index in [0.29, 0.717) is 19.6 Å². The Kier molecular flexibility index (Phi) is 32.1. The molecule has 0 saturated heterocycles. The van der Waals surface area contributed by atoms with Crippen LogP contribution in [0.15, 0.2) is 0 Å². The van der Waals surface area contributed by atoms with Gasteiger partial charge in [-0.05, 0) is 12.8 Å². The van der Waals surface area contributed by atoms with Crippen molar-refractivity contribution in [1.82, 2.24) is 0 Å². The topological polar surface area (TPSA) is 55.8 Å². The van der Waals surface area contributed by atoms with E-state index < -0.39 is 6.10 Å². The van der Waals surface area contributed by atoms with Crippen LogP contribution in [-0.4, -0.2) is 37.0 Å². The van der Waals surface area contributed by atoms with Crippen LogP contribution < -0.4 is 0 Å². The second-order valence-electron chi connectivity index (χ2n) is 11.6. The average Bonchev–Trinajstić information content (AvgIpc) is 2.92. The molecule has 0 heterocycles. The van der Waals surface area contributed by atoms with Gasteiger partial charge in [-0.15, -0.1) is 0 Å². The van der Waals surface area contributed by atoms with E-state index in [1.54, 1.807) is 0 Å². The first kappa shape index (κ1) is 37.4. The molecule has 38 heavy (non-hydrogen) atoms. The molecule has 0 saturated carbocycles. The van der Waals surface area contributed by atoms with Gasteiger partial charge in [0.05, 0.1) is 13.2 Å². The fraction of sp³-hybridized carbons (Fsp3) is 0.971. The number of carbonyl (C=O) groups excluding carboxylic acids is 1. The number of ether oxygens (including phenoxy) is 2. The molecule has 0 spiro atoms. The molecule has 0 radical (unpaired) electrons. The first-order valence-corrected chi connectivity index (χ1v) is 17.1. The molecular formula is C34H68O4. The van der Waals surface area contributed by atoms with E-state index in [-0.39, 0.29) is 12.6 Å². The minimum Gasteiger partial charge on any atom is -0.457 e. The number of carbonyl (C=O) groups is 1. The molecule has 0 aromatic carbocycles. The number of aliphatic hydroxyl groups is 1. The number of aliphatic hydroxyl groups excluding tert-OH is 1. The molecule has 0 aromatic rings. The first-order chi connectivity index (χ1) is 18.7. The number of rotatable bonds is 32. The van der Waals surface area contributed by atoms with Crippen LogP contribution in [0.3, 0.4) is 0 Å². The van der Waals surface area contributed by atoms with Crippen molar-refractivity contribution in [2.45, 2.75) is 193 Å². The summed E-state index contributed by atoms with van der Waals surface area (Å²) < 4.78 is 11.0. The molecule has 0 fully saturated rings. The number of hydrogen-bond acceptors (Lipinski definition) is 4. The normalized spacial score (nSPS) is 12.2. The SMILES string of the molecule is CCCCCCCCCCCCCCCCCCCCCCCCOCC(CO)OC(=O)CCCCCC. The van der Waals surface area contributed by atoms with Gasteiger partial charge in [0.2, 0.25) is 0 Å². The summed E-state index contributed by atoms with van der Waals surface area (Å²) in [5, 5.41) is 9.41. The van der Waals surface area contributed by atoms with Crippen molar-refractivity contribution in [2.75, 3.05) is 19.8 Å². The third-order valence-corrected chi connectivity index (χ3v) is 7.68. The zero-order valence-corrected chi connectivity index (χ0v) is 26.0. The molecule has 0 rings (SSSR count). The Morgan fingerprint density at radius 2 is 0.868 bits per heavy atom. The standard InChI is InChI=1S/C34H68O4/c1-3-5-7-9-10-11-12-13-14-15-16-17-18-19-20-21-22-23-24-25-26-28-30-37-32-33(31-35)38-34(36)29-27-8-6-4-2/h33,35H,3-32H2,1-2H3. The highest BCUT2D eigenvalue weighted by molar-refractivity contribution is 5.69. The van der Waals surface area contributed by atoms with Gasteiger partial charge in [0, 0.05) is 13.0 Å². The Morgan fingerprint density at radius 3 is 1.24 bits per heavy atom. The van der Waals surface area contributed by atoms with Crippen molar-refractivity contribution < 1.29 is 19.4 Å². The van der Waals surface area contributed by atoms with Gasteiger partial charge in [-0.3, -0.25) is 4.79 Å². The van der Waals surface area contributed by atoms with Crippen LogP contribution in [-0.2, 0) is 14.3 Å². The summed E-state index contributed by atoms with van der Waals surface area (Å²) in [5.41, 5.74) is 0. The number of unbranched alkanes of at least 4 members (excludes halogenated alkanes) is 24. The van der Waals surface area contributed by atoms with E-state index in [1.807, 2.05) is 0 Å². The van der Waals surface area contributed by atoms with Crippen LogP contribution in [0.2, 0.25) is 0 Å². The van der Waals surface area contributed by atoms with E-state index in [9.17, 15) is 9.90 Å². The fourth-order valence-corrected chi connectivity index (χ4v) is 5.09. The monoisotopic (exact) mass is 541 g/mol. The molecule has 1 unspecified atom stereocenters. The highest BCUT2D eigenvalue weighted by Crippen LogP contribution is 2.15. The molecule has 4 nitrogen and oxygen atoms in total. The number of hydrogen-bond donors (Lipinski definition) is 1. The second-order valence-corrected chi connectivity index (χ2v) is 11.6. The molecule has 0 bridgehead atoms. The summed E-state index contributed by atoms with van der Waals surface area (Å²) in [4.78, 5) is 11.8. The van der Waals surface area contributed by atoms with Crippen LogP contribution in [0.1, 0.15) is 187 Å². The summed E-state index contributed by atoms with van der Waals surface area (Å²) in [7, 11) is 0. The minimum absolute atomic E-state index is 0.167. The number of esters is 1. The lowest BCUT2D eigenvalue weighted by molar-refractivity contribution is -0.154. The van der Waals surface area contributed by atoms with Crippen LogP contribution in [0.25, 0.3) is 0 Å². The molecule has 1 atom stereocenters. The maximum absolute atomic E-state index is 11.8. The van der Waals surface area contributed by atoms with Gasteiger partial charge in [0.1, 0.15) is 6.10 Å². The predicted molar refractivity (Wildman–Crippen MR) is 164 cm³/mol. The molecule has 1 N–H and O–H groups in total. The third-order valence-electron chi connectivity index (χ3n) is 7.68. The molecule has 0 aliphatic rings. The van der Waals surface area contributed by atoms with Crippen LogP contribution in [0.5, 0.6) is 0 Å². The van der Waals surface area contributed by atoms with Crippen molar-refractivity contribution in [2.24, 2.45) is 0 Å². The Labute approximate surface area is 238 Å². The summed E-state index contributed by atoms with van der Waals surface area (Å²) in [6.07, 6.45) is 34.8. The van der Waals surface area contributed by atoms with E-state index >= 15 is 0 Å². The summed E-state index contributed by atoms with van der Waals surface area (Å²) in [6.45, 7) is 5.26. The maximum Gasteiger partial charge on any atom is 0.306 e. The van der Waals surface area contributed by atoms with E-state index in [4.69, 9.17) is 9.47 Å². The average molecular weight is 541 g/mol. The molecule has 0 aliphatic heterocycles. The molecule has 0 aliphatic carbocycles. The van der Waals surface area contributed by atoms with Gasteiger partial charge in [0.25, 0.3) is 0 Å². The minimum atomic E-state index is -0.520. The highest BCUT2D eigenvalue weighted by atomic mass is 16.6. The van der Waals surface area contributed by atoms with Gasteiger partial charge in [-0.2, -0.15) is 0 Å². The van der Waals surface area contributed by atoms with Gasteiger partial charge < -0.3 is 14.6 Å². The Hall–Kier alpha value is -0.610. The van der Waals surface area contributed by atoms with E-state index in [2.05, 4.69) is 13.8 Å². The van der Waals surface area contributed by atoms with Crippen molar-refractivity contribution in [3.8, 4) is 0 Å². The van der Waals surface area contributed by atoms with Crippen LogP contribution in [0.4, 0.5) is 0 Å². The molecular weight excluding hydrogens is 472 g/mol. The van der Waals surface area contributed by atoms with Crippen molar-refractivity contribution >= 4 is 5.97 Å². The van der Waals surface area contributed by atoms with Crippen molar-refractivity contribution in [3.63, 3.8) is 0 Å². The van der Waals surface area contributed by atoms with E-state index in [0.717, 1.165) is 32.1 Å². The van der Waals surface area contributed by atoms with Crippen LogP contribution in [0, 0.1) is 0 Å². The lowest BCUT2D eigenvalue weighted by Gasteiger charge is -2.15. The highest BCUT2D eigenvalue weighted by Gasteiger charge is 2.13. The maximum atomic E-state index is 11.8. The van der Waals surface area contributed by atoms with E-state index in [1.165, 1.54) is 135 Å². The lowest BCUT2D eigenvalue weighted by Crippen LogP contribution is -2.27. The summed E-state index contributed by atoms with van der Waals surface area (Å²) in [6, 6.07) is 0. The fourth-order valence-electron chi connectivity index (χ4n) is 5.09. The Morgan fingerprint density at radius 1 is 0.526 bits per heavy atom. The lowest BCUT2D eigenvalue weighted by atomic mass is 10.0. The predicted octanol–water partition coefficient (Wildman–Crippen LogP) is 10.5. The summed E-state index contributed by atoms with van der Waals surface area (Å²) in [5.74, 6) is -0.215. The Balaban J connectivity index is 3.24. The molecule has 0 amide bonds. The second kappa shape index (κ2) is 32.6. The van der Waals surface area contributed by atoms with Crippen LogP contribution >= 0.6 is 0 Å². The van der Waals surface area contributed by atoms with Gasteiger partial charge in [-0.1, -0.05) is 168 Å². The van der Waals surface area contributed by atoms with Crippen molar-refractivity contribution in [3.05, 3.63) is 0 Å². The first-order valence-electron chi connectivity index (χ1n) is 17.1. The smallest absolute Gasteiger partial charge is 0.306 e. The van der Waals surface area contributed by atoms with Gasteiger partial charge in [0.15, 0.2) is 0 Å². The zero-order chi connectivity index (χ0) is 27.8.